The zero-order valence-electron chi connectivity index (χ0n) is 14.7. The summed E-state index contributed by atoms with van der Waals surface area (Å²) >= 11 is 0. The Kier molecular flexibility index (Phi) is 5.73. The molecule has 0 unspecified atom stereocenters. The van der Waals surface area contributed by atoms with Crippen molar-refractivity contribution in [2.75, 3.05) is 6.61 Å². The van der Waals surface area contributed by atoms with Crippen LogP contribution >= 0.6 is 0 Å². The molecule has 3 rings (SSSR count). The van der Waals surface area contributed by atoms with E-state index < -0.39 is 0 Å². The van der Waals surface area contributed by atoms with Crippen LogP contribution in [-0.4, -0.2) is 6.61 Å². The van der Waals surface area contributed by atoms with Crippen molar-refractivity contribution in [3.05, 3.63) is 89.5 Å². The third-order valence-corrected chi connectivity index (χ3v) is 4.24. The number of ether oxygens (including phenoxy) is 2. The van der Waals surface area contributed by atoms with E-state index in [2.05, 4.69) is 43.9 Å². The van der Waals surface area contributed by atoms with Gasteiger partial charge in [-0.05, 0) is 42.5 Å². The van der Waals surface area contributed by atoms with Gasteiger partial charge in [0.25, 0.3) is 0 Å². The minimum absolute atomic E-state index is 0.526. The van der Waals surface area contributed by atoms with Crippen LogP contribution in [0.15, 0.2) is 72.8 Å². The van der Waals surface area contributed by atoms with Crippen molar-refractivity contribution in [3.63, 3.8) is 0 Å². The van der Waals surface area contributed by atoms with Crippen molar-refractivity contribution in [1.29, 1.82) is 0 Å². The molecule has 0 amide bonds. The monoisotopic (exact) mass is 332 g/mol. The first-order chi connectivity index (χ1) is 12.3. The van der Waals surface area contributed by atoms with Crippen molar-refractivity contribution in [2.45, 2.75) is 26.4 Å². The van der Waals surface area contributed by atoms with Crippen LogP contribution in [0.4, 0.5) is 0 Å². The van der Waals surface area contributed by atoms with Crippen LogP contribution in [0.1, 0.15) is 29.5 Å². The highest BCUT2D eigenvalue weighted by Gasteiger charge is 2.09. The van der Waals surface area contributed by atoms with Gasteiger partial charge in [0.1, 0.15) is 24.7 Å². The molecule has 2 nitrogen and oxygen atoms in total. The molecule has 1 aliphatic rings. The van der Waals surface area contributed by atoms with Gasteiger partial charge >= 0.3 is 0 Å². The topological polar surface area (TPSA) is 18.5 Å². The molecule has 2 aromatic rings. The van der Waals surface area contributed by atoms with Gasteiger partial charge < -0.3 is 9.47 Å². The van der Waals surface area contributed by atoms with E-state index in [1.165, 1.54) is 5.57 Å². The SMILES string of the molecule is C=Cc1c(C)cc(OCC2=CCCC=C2)cc1OCc1ccccc1. The summed E-state index contributed by atoms with van der Waals surface area (Å²) < 4.78 is 12.0. The predicted octanol–water partition coefficient (Wildman–Crippen LogP) is 5.87. The summed E-state index contributed by atoms with van der Waals surface area (Å²) in [4.78, 5) is 0. The lowest BCUT2D eigenvalue weighted by atomic mass is 10.1. The van der Waals surface area contributed by atoms with E-state index in [0.717, 1.165) is 41.0 Å². The molecule has 0 aromatic heterocycles. The lowest BCUT2D eigenvalue weighted by molar-refractivity contribution is 0.300. The fraction of sp³-hybridized carbons (Fsp3) is 0.217. The van der Waals surface area contributed by atoms with Crippen LogP contribution in [0, 0.1) is 6.92 Å². The summed E-state index contributed by atoms with van der Waals surface area (Å²) in [5, 5.41) is 0. The number of aryl methyl sites for hydroxylation is 1. The standard InChI is InChI=1S/C23H24O2/c1-3-22-18(2)14-21(24-16-19-10-6-4-7-11-19)15-23(22)25-17-20-12-8-5-9-13-20/h3,5-6,8-15H,1,4,7,16-17H2,2H3. The Hall–Kier alpha value is -2.74. The maximum absolute atomic E-state index is 6.05. The molecule has 0 spiro atoms. The summed E-state index contributed by atoms with van der Waals surface area (Å²) in [6.07, 6.45) is 10.6. The summed E-state index contributed by atoms with van der Waals surface area (Å²) in [5.41, 5.74) is 4.48. The number of rotatable bonds is 7. The zero-order chi connectivity index (χ0) is 17.5. The summed E-state index contributed by atoms with van der Waals surface area (Å²) in [5.74, 6) is 1.63. The molecule has 128 valence electrons. The largest absolute Gasteiger partial charge is 0.489 e. The smallest absolute Gasteiger partial charge is 0.130 e. The van der Waals surface area contributed by atoms with E-state index in [1.807, 2.05) is 36.4 Å². The molecule has 0 radical (unpaired) electrons. The van der Waals surface area contributed by atoms with Crippen LogP contribution in [0.2, 0.25) is 0 Å². The van der Waals surface area contributed by atoms with Gasteiger partial charge in [-0.1, -0.05) is 61.2 Å². The van der Waals surface area contributed by atoms with Crippen molar-refractivity contribution < 1.29 is 9.47 Å². The van der Waals surface area contributed by atoms with E-state index >= 15 is 0 Å². The molecular formula is C23H24O2. The van der Waals surface area contributed by atoms with Crippen LogP contribution in [0.5, 0.6) is 11.5 Å². The molecule has 0 atom stereocenters. The highest BCUT2D eigenvalue weighted by Crippen LogP contribution is 2.30. The van der Waals surface area contributed by atoms with Crippen LogP contribution < -0.4 is 9.47 Å². The van der Waals surface area contributed by atoms with Crippen LogP contribution in [-0.2, 0) is 6.61 Å². The van der Waals surface area contributed by atoms with Crippen molar-refractivity contribution in [3.8, 4) is 11.5 Å². The summed E-state index contributed by atoms with van der Waals surface area (Å²) in [6, 6.07) is 14.2. The van der Waals surface area contributed by atoms with Gasteiger partial charge in [-0.15, -0.1) is 0 Å². The Balaban J connectivity index is 1.73. The first kappa shape index (κ1) is 17.1. The molecule has 0 heterocycles. The van der Waals surface area contributed by atoms with Crippen molar-refractivity contribution in [1.82, 2.24) is 0 Å². The molecule has 0 aliphatic heterocycles. The zero-order valence-corrected chi connectivity index (χ0v) is 14.7. The van der Waals surface area contributed by atoms with Gasteiger partial charge in [0.05, 0.1) is 0 Å². The van der Waals surface area contributed by atoms with Gasteiger partial charge in [-0.3, -0.25) is 0 Å². The average molecular weight is 332 g/mol. The van der Waals surface area contributed by atoms with E-state index in [9.17, 15) is 0 Å². The highest BCUT2D eigenvalue weighted by atomic mass is 16.5. The molecule has 0 fully saturated rings. The van der Waals surface area contributed by atoms with Gasteiger partial charge in [-0.25, -0.2) is 0 Å². The minimum atomic E-state index is 0.526. The lowest BCUT2D eigenvalue weighted by Gasteiger charge is -2.15. The second kappa shape index (κ2) is 8.39. The number of hydrogen-bond acceptors (Lipinski definition) is 2. The minimum Gasteiger partial charge on any atom is -0.489 e. The number of benzene rings is 2. The van der Waals surface area contributed by atoms with Gasteiger partial charge in [0, 0.05) is 11.6 Å². The van der Waals surface area contributed by atoms with Crippen molar-refractivity contribution in [2.24, 2.45) is 0 Å². The molecule has 0 saturated heterocycles. The van der Waals surface area contributed by atoms with Crippen molar-refractivity contribution >= 4 is 6.08 Å². The molecular weight excluding hydrogens is 308 g/mol. The Labute approximate surface area is 150 Å². The quantitative estimate of drug-likeness (QED) is 0.631. The van der Waals surface area contributed by atoms with E-state index in [0.29, 0.717) is 13.2 Å². The first-order valence-corrected chi connectivity index (χ1v) is 8.68. The van der Waals surface area contributed by atoms with E-state index in [4.69, 9.17) is 9.47 Å². The van der Waals surface area contributed by atoms with Crippen LogP contribution in [0.3, 0.4) is 0 Å². The van der Waals surface area contributed by atoms with Gasteiger partial charge in [0.15, 0.2) is 0 Å². The normalized spacial score (nSPS) is 13.2. The Morgan fingerprint density at radius 3 is 2.60 bits per heavy atom. The molecule has 0 N–H and O–H groups in total. The molecule has 0 saturated carbocycles. The van der Waals surface area contributed by atoms with Crippen LogP contribution in [0.25, 0.3) is 6.08 Å². The third kappa shape index (κ3) is 4.63. The number of allylic oxidation sites excluding steroid dienone is 2. The maximum atomic E-state index is 6.05. The molecule has 0 bridgehead atoms. The first-order valence-electron chi connectivity index (χ1n) is 8.68. The third-order valence-electron chi connectivity index (χ3n) is 4.24. The Morgan fingerprint density at radius 1 is 1.04 bits per heavy atom. The maximum Gasteiger partial charge on any atom is 0.130 e. The molecule has 2 heteroatoms. The molecule has 25 heavy (non-hydrogen) atoms. The van der Waals surface area contributed by atoms with Gasteiger partial charge in [-0.2, -0.15) is 0 Å². The lowest BCUT2D eigenvalue weighted by Crippen LogP contribution is -2.03. The molecule has 2 aromatic carbocycles. The highest BCUT2D eigenvalue weighted by molar-refractivity contribution is 5.62. The molecule has 1 aliphatic carbocycles. The fourth-order valence-electron chi connectivity index (χ4n) is 2.88. The second-order valence-electron chi connectivity index (χ2n) is 6.18. The van der Waals surface area contributed by atoms with E-state index in [1.54, 1.807) is 0 Å². The number of hydrogen-bond donors (Lipinski definition) is 0. The second-order valence-corrected chi connectivity index (χ2v) is 6.18. The summed E-state index contributed by atoms with van der Waals surface area (Å²) in [6.45, 7) is 7.08. The summed E-state index contributed by atoms with van der Waals surface area (Å²) in [7, 11) is 0. The Morgan fingerprint density at radius 2 is 1.88 bits per heavy atom. The average Bonchev–Trinajstić information content (AvgIpc) is 2.66. The Bertz CT molecular complexity index is 785. The fourth-order valence-corrected chi connectivity index (χ4v) is 2.88. The predicted molar refractivity (Wildman–Crippen MR) is 104 cm³/mol. The van der Waals surface area contributed by atoms with Gasteiger partial charge in [0.2, 0.25) is 0 Å². The van der Waals surface area contributed by atoms with E-state index in [-0.39, 0.29) is 0 Å².